The van der Waals surface area contributed by atoms with E-state index in [4.69, 9.17) is 25.9 Å². The molecule has 0 amide bonds. The number of hydrogen-bond acceptors (Lipinski definition) is 3. The maximum Gasteiger partial charge on any atom is 0.371 e. The van der Waals surface area contributed by atoms with Gasteiger partial charge < -0.3 is 14.3 Å². The lowest BCUT2D eigenvalue weighted by Crippen LogP contribution is -2.02. The van der Waals surface area contributed by atoms with Crippen molar-refractivity contribution in [1.29, 1.82) is 0 Å². The van der Waals surface area contributed by atoms with Crippen LogP contribution in [0.5, 0.6) is 5.75 Å². The molecule has 0 aliphatic carbocycles. The molecule has 1 N–H and O–H groups in total. The lowest BCUT2D eigenvalue weighted by atomic mass is 10.3. The summed E-state index contributed by atoms with van der Waals surface area (Å²) >= 11 is 9.34. The van der Waals surface area contributed by atoms with Crippen molar-refractivity contribution >= 4 is 33.5 Å². The molecule has 1 atom stereocenters. The van der Waals surface area contributed by atoms with E-state index in [2.05, 4.69) is 15.9 Å². The smallest absolute Gasteiger partial charge is 0.371 e. The molecule has 0 fully saturated rings. The van der Waals surface area contributed by atoms with E-state index in [1.54, 1.807) is 31.2 Å². The number of benzene rings is 1. The van der Waals surface area contributed by atoms with Crippen LogP contribution in [0.2, 0.25) is 5.02 Å². The van der Waals surface area contributed by atoms with Gasteiger partial charge in [-0.3, -0.25) is 0 Å². The summed E-state index contributed by atoms with van der Waals surface area (Å²) < 4.78 is 11.7. The van der Waals surface area contributed by atoms with Crippen LogP contribution < -0.4 is 4.74 Å². The molecule has 1 heterocycles. The highest BCUT2D eigenvalue weighted by molar-refractivity contribution is 9.10. The molecular formula is C13H10BrClO4. The summed E-state index contributed by atoms with van der Waals surface area (Å²) in [5, 5.41) is 9.25. The summed E-state index contributed by atoms with van der Waals surface area (Å²) in [6, 6.07) is 8.21. The average Bonchev–Trinajstić information content (AvgIpc) is 2.82. The average molecular weight is 346 g/mol. The molecule has 19 heavy (non-hydrogen) atoms. The molecule has 1 aromatic heterocycles. The fourth-order valence-corrected chi connectivity index (χ4v) is 2.22. The van der Waals surface area contributed by atoms with Crippen LogP contribution in [0.15, 0.2) is 39.2 Å². The highest BCUT2D eigenvalue weighted by Crippen LogP contribution is 2.31. The largest absolute Gasteiger partial charge is 0.481 e. The minimum Gasteiger partial charge on any atom is -0.481 e. The Hall–Kier alpha value is -1.46. The Morgan fingerprint density at radius 2 is 2.16 bits per heavy atom. The molecule has 2 aromatic rings. The summed E-state index contributed by atoms with van der Waals surface area (Å²) in [7, 11) is 0. The molecule has 6 heteroatoms. The zero-order valence-electron chi connectivity index (χ0n) is 9.89. The molecule has 0 radical (unpaired) electrons. The number of carbonyl (C=O) groups is 1. The zero-order valence-corrected chi connectivity index (χ0v) is 12.2. The van der Waals surface area contributed by atoms with Gasteiger partial charge >= 0.3 is 5.97 Å². The standard InChI is InChI=1S/C13H10BrClO4/c1-7(10-4-5-12(19-10)13(16)17)18-11-3-2-8(14)6-9(11)15/h2-7H,1H3,(H,16,17). The van der Waals surface area contributed by atoms with Crippen molar-refractivity contribution in [2.75, 3.05) is 0 Å². The van der Waals surface area contributed by atoms with E-state index in [-0.39, 0.29) is 5.76 Å². The van der Waals surface area contributed by atoms with Crippen LogP contribution in [0.3, 0.4) is 0 Å². The van der Waals surface area contributed by atoms with E-state index < -0.39 is 12.1 Å². The molecule has 1 aromatic carbocycles. The summed E-state index contributed by atoms with van der Waals surface area (Å²) in [5.41, 5.74) is 0. The molecular weight excluding hydrogens is 335 g/mol. The summed E-state index contributed by atoms with van der Waals surface area (Å²) in [6.07, 6.45) is -0.438. The van der Waals surface area contributed by atoms with E-state index in [9.17, 15) is 4.79 Å². The number of furan rings is 1. The van der Waals surface area contributed by atoms with Crippen LogP contribution in [0.25, 0.3) is 0 Å². The van der Waals surface area contributed by atoms with Crippen molar-refractivity contribution in [2.45, 2.75) is 13.0 Å². The molecule has 0 saturated heterocycles. The van der Waals surface area contributed by atoms with Gasteiger partial charge in [-0.15, -0.1) is 0 Å². The first-order valence-electron chi connectivity index (χ1n) is 5.42. The third-order valence-corrected chi connectivity index (χ3v) is 3.22. The van der Waals surface area contributed by atoms with Crippen LogP contribution >= 0.6 is 27.5 Å². The molecule has 0 saturated carbocycles. The Balaban J connectivity index is 2.15. The quantitative estimate of drug-likeness (QED) is 0.884. The Morgan fingerprint density at radius 3 is 2.74 bits per heavy atom. The Bertz CT molecular complexity index is 608. The summed E-state index contributed by atoms with van der Waals surface area (Å²) in [5.74, 6) is -0.297. The van der Waals surface area contributed by atoms with Crippen LogP contribution in [0.4, 0.5) is 0 Å². The Morgan fingerprint density at radius 1 is 1.42 bits per heavy atom. The van der Waals surface area contributed by atoms with Gasteiger partial charge in [-0.05, 0) is 37.3 Å². The fourth-order valence-electron chi connectivity index (χ4n) is 1.51. The lowest BCUT2D eigenvalue weighted by Gasteiger charge is -2.13. The van der Waals surface area contributed by atoms with Gasteiger partial charge in [0.1, 0.15) is 11.5 Å². The van der Waals surface area contributed by atoms with E-state index in [0.29, 0.717) is 16.5 Å². The molecule has 2 rings (SSSR count). The van der Waals surface area contributed by atoms with E-state index in [0.717, 1.165) is 4.47 Å². The lowest BCUT2D eigenvalue weighted by molar-refractivity contribution is 0.0655. The number of carboxylic acids is 1. The van der Waals surface area contributed by atoms with Crippen molar-refractivity contribution in [2.24, 2.45) is 0 Å². The van der Waals surface area contributed by atoms with Gasteiger partial charge in [0, 0.05) is 4.47 Å². The second-order valence-electron chi connectivity index (χ2n) is 3.84. The second kappa shape index (κ2) is 5.67. The molecule has 0 spiro atoms. The minimum atomic E-state index is -1.11. The van der Waals surface area contributed by atoms with Gasteiger partial charge in [-0.1, -0.05) is 27.5 Å². The van der Waals surface area contributed by atoms with E-state index in [1.165, 1.54) is 6.07 Å². The maximum absolute atomic E-state index is 10.7. The van der Waals surface area contributed by atoms with Gasteiger partial charge in [0.15, 0.2) is 6.10 Å². The zero-order chi connectivity index (χ0) is 14.0. The number of hydrogen-bond donors (Lipinski definition) is 1. The first-order chi connectivity index (χ1) is 8.97. The van der Waals surface area contributed by atoms with E-state index >= 15 is 0 Å². The molecule has 4 nitrogen and oxygen atoms in total. The molecule has 0 aliphatic rings. The van der Waals surface area contributed by atoms with Gasteiger partial charge in [-0.25, -0.2) is 4.79 Å². The number of aromatic carboxylic acids is 1. The Kier molecular flexibility index (Phi) is 4.17. The van der Waals surface area contributed by atoms with Crippen molar-refractivity contribution in [3.05, 3.63) is 51.3 Å². The first-order valence-corrected chi connectivity index (χ1v) is 6.59. The monoisotopic (exact) mass is 344 g/mol. The fraction of sp³-hybridized carbons (Fsp3) is 0.154. The van der Waals surface area contributed by atoms with Gasteiger partial charge in [-0.2, -0.15) is 0 Å². The molecule has 100 valence electrons. The maximum atomic E-state index is 10.7. The highest BCUT2D eigenvalue weighted by atomic mass is 79.9. The highest BCUT2D eigenvalue weighted by Gasteiger charge is 2.16. The number of carboxylic acid groups (broad SMARTS) is 1. The second-order valence-corrected chi connectivity index (χ2v) is 5.16. The minimum absolute atomic E-state index is 0.118. The normalized spacial score (nSPS) is 12.2. The predicted octanol–water partition coefficient (Wildman–Crippen LogP) is 4.53. The molecule has 1 unspecified atom stereocenters. The van der Waals surface area contributed by atoms with Crippen molar-refractivity contribution < 1.29 is 19.1 Å². The topological polar surface area (TPSA) is 59.7 Å². The van der Waals surface area contributed by atoms with Crippen LogP contribution in [0, 0.1) is 0 Å². The van der Waals surface area contributed by atoms with Gasteiger partial charge in [0.05, 0.1) is 5.02 Å². The first kappa shape index (κ1) is 14.0. The summed E-state index contributed by atoms with van der Waals surface area (Å²) in [4.78, 5) is 10.7. The third-order valence-electron chi connectivity index (χ3n) is 2.44. The SMILES string of the molecule is CC(Oc1ccc(Br)cc1Cl)c1ccc(C(=O)O)o1. The van der Waals surface area contributed by atoms with Crippen molar-refractivity contribution in [3.63, 3.8) is 0 Å². The van der Waals surface area contributed by atoms with Gasteiger partial charge in [0.2, 0.25) is 5.76 Å². The predicted molar refractivity (Wildman–Crippen MR) is 73.9 cm³/mol. The number of halogens is 2. The van der Waals surface area contributed by atoms with Crippen LogP contribution in [-0.4, -0.2) is 11.1 Å². The van der Waals surface area contributed by atoms with E-state index in [1.807, 2.05) is 0 Å². The van der Waals surface area contributed by atoms with Crippen molar-refractivity contribution in [3.8, 4) is 5.75 Å². The van der Waals surface area contributed by atoms with Crippen LogP contribution in [0.1, 0.15) is 29.3 Å². The molecule has 0 bridgehead atoms. The number of rotatable bonds is 4. The van der Waals surface area contributed by atoms with Crippen molar-refractivity contribution in [1.82, 2.24) is 0 Å². The van der Waals surface area contributed by atoms with Gasteiger partial charge in [0.25, 0.3) is 0 Å². The Labute approximate surface area is 123 Å². The third kappa shape index (κ3) is 3.30. The summed E-state index contributed by atoms with van der Waals surface area (Å²) in [6.45, 7) is 1.75. The van der Waals surface area contributed by atoms with Crippen LogP contribution in [-0.2, 0) is 0 Å². The molecule has 0 aliphatic heterocycles. The number of ether oxygens (including phenoxy) is 1.